The van der Waals surface area contributed by atoms with Gasteiger partial charge in [0.1, 0.15) is 5.75 Å². The second kappa shape index (κ2) is 5.67. The SMILES string of the molecule is COc1ccc(C(C)(C)C)cc1C(=O)CCBr. The average molecular weight is 299 g/mol. The van der Waals surface area contributed by atoms with Gasteiger partial charge in [0, 0.05) is 11.8 Å². The van der Waals surface area contributed by atoms with Crippen LogP contribution in [0.15, 0.2) is 18.2 Å². The molecule has 17 heavy (non-hydrogen) atoms. The van der Waals surface area contributed by atoms with Gasteiger partial charge in [-0.05, 0) is 23.1 Å². The van der Waals surface area contributed by atoms with Crippen LogP contribution in [0.3, 0.4) is 0 Å². The van der Waals surface area contributed by atoms with Gasteiger partial charge in [-0.15, -0.1) is 0 Å². The largest absolute Gasteiger partial charge is 0.496 e. The number of ether oxygens (including phenoxy) is 1. The average Bonchev–Trinajstić information content (AvgIpc) is 2.27. The second-order valence-electron chi connectivity index (χ2n) is 5.03. The van der Waals surface area contributed by atoms with Crippen molar-refractivity contribution in [2.75, 3.05) is 12.4 Å². The molecule has 0 heterocycles. The molecule has 0 aliphatic rings. The Balaban J connectivity index is 3.20. The molecule has 0 saturated carbocycles. The molecule has 3 heteroatoms. The molecule has 0 aliphatic heterocycles. The van der Waals surface area contributed by atoms with Crippen LogP contribution in [0.25, 0.3) is 0 Å². The van der Waals surface area contributed by atoms with Crippen LogP contribution in [0.1, 0.15) is 43.1 Å². The van der Waals surface area contributed by atoms with Crippen LogP contribution in [0.2, 0.25) is 0 Å². The third-order valence-corrected chi connectivity index (χ3v) is 3.08. The molecule has 0 N–H and O–H groups in total. The van der Waals surface area contributed by atoms with E-state index in [1.807, 2.05) is 18.2 Å². The third kappa shape index (κ3) is 3.56. The number of carbonyl (C=O) groups excluding carboxylic acids is 1. The molecule has 0 bridgehead atoms. The zero-order valence-corrected chi connectivity index (χ0v) is 12.4. The van der Waals surface area contributed by atoms with E-state index in [1.54, 1.807) is 7.11 Å². The third-order valence-electron chi connectivity index (χ3n) is 2.69. The van der Waals surface area contributed by atoms with E-state index >= 15 is 0 Å². The molecule has 0 spiro atoms. The fourth-order valence-electron chi connectivity index (χ4n) is 1.61. The van der Waals surface area contributed by atoms with E-state index in [0.29, 0.717) is 23.1 Å². The number of carbonyl (C=O) groups is 1. The van der Waals surface area contributed by atoms with Crippen LogP contribution in [0.5, 0.6) is 5.75 Å². The summed E-state index contributed by atoms with van der Waals surface area (Å²) in [6, 6.07) is 5.84. The number of rotatable bonds is 4. The molecule has 0 saturated heterocycles. The summed E-state index contributed by atoms with van der Waals surface area (Å²) in [6.45, 7) is 6.40. The Morgan fingerprint density at radius 2 is 2.00 bits per heavy atom. The van der Waals surface area contributed by atoms with Crippen molar-refractivity contribution in [2.24, 2.45) is 0 Å². The minimum atomic E-state index is 0.0374. The summed E-state index contributed by atoms with van der Waals surface area (Å²) in [4.78, 5) is 12.0. The highest BCUT2D eigenvalue weighted by Crippen LogP contribution is 2.28. The minimum absolute atomic E-state index is 0.0374. The molecular weight excluding hydrogens is 280 g/mol. The standard InChI is InChI=1S/C14H19BrO2/c1-14(2,3)10-5-6-13(17-4)11(9-10)12(16)7-8-15/h5-6,9H,7-8H2,1-4H3. The fourth-order valence-corrected chi connectivity index (χ4v) is 1.97. The predicted molar refractivity (Wildman–Crippen MR) is 74.4 cm³/mol. The second-order valence-corrected chi connectivity index (χ2v) is 5.82. The summed E-state index contributed by atoms with van der Waals surface area (Å²) in [5.74, 6) is 0.772. The first-order valence-corrected chi connectivity index (χ1v) is 6.80. The van der Waals surface area contributed by atoms with Gasteiger partial charge in [-0.2, -0.15) is 0 Å². The van der Waals surface area contributed by atoms with Crippen LogP contribution in [0.4, 0.5) is 0 Å². The summed E-state index contributed by atoms with van der Waals surface area (Å²) in [5.41, 5.74) is 1.87. The van der Waals surface area contributed by atoms with Crippen LogP contribution < -0.4 is 4.74 Å². The van der Waals surface area contributed by atoms with Gasteiger partial charge < -0.3 is 4.74 Å². The quantitative estimate of drug-likeness (QED) is 0.621. The van der Waals surface area contributed by atoms with E-state index in [-0.39, 0.29) is 11.2 Å². The molecule has 2 nitrogen and oxygen atoms in total. The van der Waals surface area contributed by atoms with E-state index in [9.17, 15) is 4.79 Å². The van der Waals surface area contributed by atoms with Crippen molar-refractivity contribution < 1.29 is 9.53 Å². The maximum absolute atomic E-state index is 12.0. The highest BCUT2D eigenvalue weighted by molar-refractivity contribution is 9.09. The van der Waals surface area contributed by atoms with Crippen LogP contribution >= 0.6 is 15.9 Å². The Hall–Kier alpha value is -0.830. The normalized spacial score (nSPS) is 11.4. The lowest BCUT2D eigenvalue weighted by molar-refractivity contribution is 0.0987. The first-order chi connectivity index (χ1) is 7.90. The molecule has 0 fully saturated rings. The number of halogens is 1. The molecule has 94 valence electrons. The van der Waals surface area contributed by atoms with Crippen LogP contribution in [-0.4, -0.2) is 18.2 Å². The molecule has 0 unspecified atom stereocenters. The lowest BCUT2D eigenvalue weighted by Gasteiger charge is -2.20. The number of benzene rings is 1. The fraction of sp³-hybridized carbons (Fsp3) is 0.500. The van der Waals surface area contributed by atoms with Crippen molar-refractivity contribution in [1.82, 2.24) is 0 Å². The number of Topliss-reactive ketones (excluding diaryl/α,β-unsaturated/α-hetero) is 1. The molecule has 0 aromatic heterocycles. The smallest absolute Gasteiger partial charge is 0.167 e. The number of methoxy groups -OCH3 is 1. The highest BCUT2D eigenvalue weighted by Gasteiger charge is 2.18. The molecule has 1 aromatic carbocycles. The Bertz CT molecular complexity index is 405. The summed E-state index contributed by atoms with van der Waals surface area (Å²) in [5, 5.41) is 0.675. The number of ketones is 1. The maximum Gasteiger partial charge on any atom is 0.167 e. The maximum atomic E-state index is 12.0. The molecular formula is C14H19BrO2. The Kier molecular flexibility index (Phi) is 4.75. The Labute approximate surface area is 111 Å². The van der Waals surface area contributed by atoms with Gasteiger partial charge in [-0.3, -0.25) is 4.79 Å². The number of hydrogen-bond donors (Lipinski definition) is 0. The Morgan fingerprint density at radius 1 is 1.35 bits per heavy atom. The molecule has 1 aromatic rings. The topological polar surface area (TPSA) is 26.3 Å². The molecule has 0 amide bonds. The van der Waals surface area contributed by atoms with Crippen molar-refractivity contribution >= 4 is 21.7 Å². The van der Waals surface area contributed by atoms with E-state index in [0.717, 1.165) is 5.56 Å². The molecule has 0 atom stereocenters. The lowest BCUT2D eigenvalue weighted by atomic mass is 9.85. The van der Waals surface area contributed by atoms with Gasteiger partial charge in [0.15, 0.2) is 5.78 Å². The van der Waals surface area contributed by atoms with Gasteiger partial charge in [0.05, 0.1) is 12.7 Å². The van der Waals surface area contributed by atoms with E-state index < -0.39 is 0 Å². The molecule has 0 radical (unpaired) electrons. The zero-order valence-electron chi connectivity index (χ0n) is 10.8. The van der Waals surface area contributed by atoms with Gasteiger partial charge in [-0.1, -0.05) is 42.8 Å². The van der Waals surface area contributed by atoms with Gasteiger partial charge >= 0.3 is 0 Å². The summed E-state index contributed by atoms with van der Waals surface area (Å²) >= 11 is 3.29. The minimum Gasteiger partial charge on any atom is -0.496 e. The van der Waals surface area contributed by atoms with Crippen molar-refractivity contribution in [2.45, 2.75) is 32.6 Å². The van der Waals surface area contributed by atoms with Crippen molar-refractivity contribution in [3.05, 3.63) is 29.3 Å². The molecule has 0 aliphatic carbocycles. The zero-order chi connectivity index (χ0) is 13.1. The summed E-state index contributed by atoms with van der Waals surface area (Å²) in [6.07, 6.45) is 0.490. The van der Waals surface area contributed by atoms with Crippen molar-refractivity contribution in [1.29, 1.82) is 0 Å². The van der Waals surface area contributed by atoms with Gasteiger partial charge in [0.2, 0.25) is 0 Å². The number of hydrogen-bond acceptors (Lipinski definition) is 2. The summed E-state index contributed by atoms with van der Waals surface area (Å²) in [7, 11) is 1.59. The Morgan fingerprint density at radius 3 is 2.47 bits per heavy atom. The van der Waals surface area contributed by atoms with Crippen LogP contribution in [-0.2, 0) is 5.41 Å². The summed E-state index contributed by atoms with van der Waals surface area (Å²) < 4.78 is 5.24. The highest BCUT2D eigenvalue weighted by atomic mass is 79.9. The first-order valence-electron chi connectivity index (χ1n) is 5.68. The van der Waals surface area contributed by atoms with E-state index in [4.69, 9.17) is 4.74 Å². The van der Waals surface area contributed by atoms with Crippen molar-refractivity contribution in [3.63, 3.8) is 0 Å². The lowest BCUT2D eigenvalue weighted by Crippen LogP contribution is -2.13. The molecule has 1 rings (SSSR count). The predicted octanol–water partition coefficient (Wildman–Crippen LogP) is 3.96. The van der Waals surface area contributed by atoms with E-state index in [1.165, 1.54) is 0 Å². The van der Waals surface area contributed by atoms with Crippen molar-refractivity contribution in [3.8, 4) is 5.75 Å². The first kappa shape index (κ1) is 14.2. The number of alkyl halides is 1. The van der Waals surface area contributed by atoms with E-state index in [2.05, 4.69) is 36.7 Å². The van der Waals surface area contributed by atoms with Gasteiger partial charge in [0.25, 0.3) is 0 Å². The van der Waals surface area contributed by atoms with Crippen LogP contribution in [0, 0.1) is 0 Å². The van der Waals surface area contributed by atoms with Gasteiger partial charge in [-0.25, -0.2) is 0 Å². The monoisotopic (exact) mass is 298 g/mol.